The summed E-state index contributed by atoms with van der Waals surface area (Å²) in [5, 5.41) is 0. The Morgan fingerprint density at radius 3 is 2.36 bits per heavy atom. The predicted octanol–water partition coefficient (Wildman–Crippen LogP) is 2.38. The Balaban J connectivity index is 2.40. The van der Waals surface area contributed by atoms with E-state index in [1.807, 2.05) is 39.0 Å². The molecule has 0 spiro atoms. The minimum absolute atomic E-state index is 0.000216. The molecule has 1 aromatic heterocycles. The molecule has 0 aliphatic heterocycles. The highest BCUT2D eigenvalue weighted by molar-refractivity contribution is 7.90. The van der Waals surface area contributed by atoms with Crippen molar-refractivity contribution < 1.29 is 4.55 Å². The maximum Gasteiger partial charge on any atom is 0.328 e. The van der Waals surface area contributed by atoms with Crippen molar-refractivity contribution in [1.29, 1.82) is 0 Å². The summed E-state index contributed by atoms with van der Waals surface area (Å²) in [7, 11) is 3.55. The van der Waals surface area contributed by atoms with Crippen molar-refractivity contribution in [1.82, 2.24) is 13.9 Å². The second-order valence-corrected chi connectivity index (χ2v) is 8.61. The van der Waals surface area contributed by atoms with Crippen LogP contribution < -0.4 is 10.4 Å². The number of fused-ring (bicyclic) bond motifs is 1. The number of rotatable bonds is 4. The van der Waals surface area contributed by atoms with E-state index in [0.717, 1.165) is 23.0 Å². The zero-order chi connectivity index (χ0) is 16.7. The van der Waals surface area contributed by atoms with Crippen molar-refractivity contribution in [3.8, 4) is 0 Å². The SMILES string of the molecule is CCC(N[S+]([O-])C(C)(C)C)c1ccc2c(c1)n(C)c(=O)n2C. The molecule has 1 heterocycles. The Hall–Kier alpha value is -1.24. The summed E-state index contributed by atoms with van der Waals surface area (Å²) >= 11 is -1.13. The Morgan fingerprint density at radius 2 is 1.82 bits per heavy atom. The Bertz CT molecular complexity index is 727. The predicted molar refractivity (Wildman–Crippen MR) is 92.2 cm³/mol. The van der Waals surface area contributed by atoms with E-state index in [4.69, 9.17) is 0 Å². The summed E-state index contributed by atoms with van der Waals surface area (Å²) in [5.74, 6) is 0. The molecule has 122 valence electrons. The van der Waals surface area contributed by atoms with Gasteiger partial charge >= 0.3 is 5.69 Å². The summed E-state index contributed by atoms with van der Waals surface area (Å²) in [4.78, 5) is 12.0. The average molecular weight is 323 g/mol. The van der Waals surface area contributed by atoms with Gasteiger partial charge in [0.25, 0.3) is 0 Å². The maximum absolute atomic E-state index is 12.3. The lowest BCUT2D eigenvalue weighted by Crippen LogP contribution is -2.41. The van der Waals surface area contributed by atoms with Crippen molar-refractivity contribution >= 4 is 22.4 Å². The van der Waals surface area contributed by atoms with Crippen LogP contribution in [0, 0.1) is 0 Å². The van der Waals surface area contributed by atoms with Crippen molar-refractivity contribution in [2.24, 2.45) is 14.1 Å². The van der Waals surface area contributed by atoms with Crippen molar-refractivity contribution in [2.45, 2.75) is 44.9 Å². The van der Waals surface area contributed by atoms with Gasteiger partial charge in [-0.3, -0.25) is 9.13 Å². The van der Waals surface area contributed by atoms with Gasteiger partial charge in [0.1, 0.15) is 4.75 Å². The van der Waals surface area contributed by atoms with Gasteiger partial charge in [0, 0.05) is 25.5 Å². The van der Waals surface area contributed by atoms with Gasteiger partial charge in [0.15, 0.2) is 0 Å². The number of hydrogen-bond acceptors (Lipinski definition) is 3. The van der Waals surface area contributed by atoms with E-state index in [1.54, 1.807) is 23.2 Å². The first kappa shape index (κ1) is 17.1. The average Bonchev–Trinajstić information content (AvgIpc) is 2.68. The van der Waals surface area contributed by atoms with Gasteiger partial charge in [-0.1, -0.05) is 13.0 Å². The number of nitrogens with zero attached hydrogens (tertiary/aromatic N) is 2. The molecule has 0 fully saturated rings. The molecule has 22 heavy (non-hydrogen) atoms. The molecule has 0 bridgehead atoms. The zero-order valence-corrected chi connectivity index (χ0v) is 15.0. The molecule has 0 aliphatic rings. The van der Waals surface area contributed by atoms with E-state index < -0.39 is 11.4 Å². The summed E-state index contributed by atoms with van der Waals surface area (Å²) in [6.45, 7) is 7.92. The Kier molecular flexibility index (Phi) is 4.75. The number of nitrogens with one attached hydrogen (secondary N) is 1. The van der Waals surface area contributed by atoms with Crippen molar-refractivity contribution in [3.05, 3.63) is 34.2 Å². The second kappa shape index (κ2) is 6.10. The van der Waals surface area contributed by atoms with E-state index in [1.165, 1.54) is 0 Å². The van der Waals surface area contributed by atoms with Crippen LogP contribution in [-0.2, 0) is 25.5 Å². The second-order valence-electron chi connectivity index (χ2n) is 6.61. The largest absolute Gasteiger partial charge is 0.598 e. The first-order valence-corrected chi connectivity index (χ1v) is 8.65. The molecule has 2 aromatic rings. The monoisotopic (exact) mass is 323 g/mol. The fourth-order valence-corrected chi connectivity index (χ4v) is 3.35. The van der Waals surface area contributed by atoms with E-state index in [2.05, 4.69) is 11.6 Å². The molecular formula is C16H25N3O2S. The molecule has 1 N–H and O–H groups in total. The highest BCUT2D eigenvalue weighted by Gasteiger charge is 2.29. The molecule has 1 aromatic carbocycles. The smallest absolute Gasteiger partial charge is 0.328 e. The van der Waals surface area contributed by atoms with Crippen LogP contribution in [0.3, 0.4) is 0 Å². The summed E-state index contributed by atoms with van der Waals surface area (Å²) in [6.07, 6.45) is 0.827. The van der Waals surface area contributed by atoms with Gasteiger partial charge in [-0.2, -0.15) is 0 Å². The van der Waals surface area contributed by atoms with Crippen LogP contribution in [0.2, 0.25) is 0 Å². The topological polar surface area (TPSA) is 62.0 Å². The Morgan fingerprint density at radius 1 is 1.23 bits per heavy atom. The normalized spacial score (nSPS) is 15.2. The third-order valence-electron chi connectivity index (χ3n) is 3.91. The lowest BCUT2D eigenvalue weighted by atomic mass is 10.0. The van der Waals surface area contributed by atoms with Crippen LogP contribution in [0.25, 0.3) is 11.0 Å². The van der Waals surface area contributed by atoms with Crippen molar-refractivity contribution in [3.63, 3.8) is 0 Å². The van der Waals surface area contributed by atoms with Crippen LogP contribution in [0.4, 0.5) is 0 Å². The standard InChI is InChI=1S/C16H25N3O2S/c1-7-12(17-22(21)16(2,3)4)11-8-9-13-14(10-11)19(6)15(20)18(13)5/h8-10,12,17H,7H2,1-6H3. The van der Waals surface area contributed by atoms with E-state index in [-0.39, 0.29) is 16.5 Å². The molecule has 0 amide bonds. The molecule has 2 atom stereocenters. The van der Waals surface area contributed by atoms with E-state index in [0.29, 0.717) is 0 Å². The van der Waals surface area contributed by atoms with Crippen molar-refractivity contribution in [2.75, 3.05) is 0 Å². The number of benzene rings is 1. The van der Waals surface area contributed by atoms with Gasteiger partial charge in [-0.25, -0.2) is 4.79 Å². The third-order valence-corrected chi connectivity index (χ3v) is 5.52. The van der Waals surface area contributed by atoms with Gasteiger partial charge in [0.05, 0.1) is 17.1 Å². The summed E-state index contributed by atoms with van der Waals surface area (Å²) in [5.41, 5.74) is 2.81. The van der Waals surface area contributed by atoms with E-state index >= 15 is 0 Å². The minimum atomic E-state index is -1.13. The first-order valence-electron chi connectivity index (χ1n) is 7.50. The third kappa shape index (κ3) is 3.09. The molecule has 6 heteroatoms. The lowest BCUT2D eigenvalue weighted by molar-refractivity contribution is 0.519. The van der Waals surface area contributed by atoms with Crippen LogP contribution in [-0.4, -0.2) is 18.4 Å². The van der Waals surface area contributed by atoms with Crippen LogP contribution >= 0.6 is 0 Å². The molecule has 0 saturated carbocycles. The lowest BCUT2D eigenvalue weighted by Gasteiger charge is -2.27. The fourth-order valence-electron chi connectivity index (χ4n) is 2.43. The molecule has 0 aliphatic carbocycles. The molecule has 5 nitrogen and oxygen atoms in total. The number of hydrogen-bond donors (Lipinski definition) is 1. The molecule has 0 radical (unpaired) electrons. The number of aromatic nitrogens is 2. The van der Waals surface area contributed by atoms with E-state index in [9.17, 15) is 9.35 Å². The van der Waals surface area contributed by atoms with Gasteiger partial charge in [-0.05, 0) is 44.9 Å². The van der Waals surface area contributed by atoms with Crippen LogP contribution in [0.5, 0.6) is 0 Å². The molecule has 2 rings (SSSR count). The van der Waals surface area contributed by atoms with Gasteiger partial charge in [-0.15, -0.1) is 4.72 Å². The van der Waals surface area contributed by atoms with Crippen LogP contribution in [0.1, 0.15) is 45.7 Å². The Labute approximate surface area is 134 Å². The molecule has 0 saturated heterocycles. The number of aryl methyl sites for hydroxylation is 2. The first-order chi connectivity index (χ1) is 10.2. The molecule has 2 unspecified atom stereocenters. The minimum Gasteiger partial charge on any atom is -0.598 e. The molecular weight excluding hydrogens is 298 g/mol. The summed E-state index contributed by atoms with van der Waals surface area (Å²) in [6, 6.07) is 5.97. The quantitative estimate of drug-likeness (QED) is 0.879. The number of imidazole rings is 1. The van der Waals surface area contributed by atoms with Gasteiger partial charge < -0.3 is 4.55 Å². The summed E-state index contributed by atoms with van der Waals surface area (Å²) < 4.78 is 18.5. The fraction of sp³-hybridized carbons (Fsp3) is 0.562. The maximum atomic E-state index is 12.3. The van der Waals surface area contributed by atoms with Gasteiger partial charge in [0.2, 0.25) is 0 Å². The zero-order valence-electron chi connectivity index (χ0n) is 14.1. The highest BCUT2D eigenvalue weighted by Crippen LogP contribution is 2.25. The van der Waals surface area contributed by atoms with Crippen LogP contribution in [0.15, 0.2) is 23.0 Å². The highest BCUT2D eigenvalue weighted by atomic mass is 32.2.